The van der Waals surface area contributed by atoms with Crippen LogP contribution in [-0.2, 0) is 4.79 Å². The van der Waals surface area contributed by atoms with Crippen molar-refractivity contribution in [3.63, 3.8) is 0 Å². The van der Waals surface area contributed by atoms with Crippen molar-refractivity contribution in [3.05, 3.63) is 90.0 Å². The van der Waals surface area contributed by atoms with E-state index in [1.807, 2.05) is 49.4 Å². The van der Waals surface area contributed by atoms with Crippen molar-refractivity contribution in [1.82, 2.24) is 0 Å². The monoisotopic (exact) mass is 374 g/mol. The normalized spacial score (nSPS) is 11.4. The zero-order chi connectivity index (χ0) is 19.9. The van der Waals surface area contributed by atoms with Crippen molar-refractivity contribution < 1.29 is 14.3 Å². The van der Waals surface area contributed by atoms with Gasteiger partial charge in [0.1, 0.15) is 5.75 Å². The van der Waals surface area contributed by atoms with Gasteiger partial charge in [0, 0.05) is 16.9 Å². The Hall–Kier alpha value is -3.60. The molecule has 3 aromatic carbocycles. The summed E-state index contributed by atoms with van der Waals surface area (Å²) in [6.07, 6.45) is -0.640. The summed E-state index contributed by atoms with van der Waals surface area (Å²) in [5, 5.41) is 5.64. The average Bonchev–Trinajstić information content (AvgIpc) is 2.70. The van der Waals surface area contributed by atoms with Gasteiger partial charge in [0.15, 0.2) is 6.10 Å². The predicted octanol–water partition coefficient (Wildman–Crippen LogP) is 4.65. The molecule has 1 atom stereocenters. The van der Waals surface area contributed by atoms with Crippen LogP contribution in [0.2, 0.25) is 0 Å². The lowest BCUT2D eigenvalue weighted by Gasteiger charge is -2.15. The molecule has 2 N–H and O–H groups in total. The van der Waals surface area contributed by atoms with Crippen molar-refractivity contribution in [1.29, 1.82) is 0 Å². The summed E-state index contributed by atoms with van der Waals surface area (Å²) in [5.41, 5.74) is 2.93. The lowest BCUT2D eigenvalue weighted by Crippen LogP contribution is -2.30. The largest absolute Gasteiger partial charge is 0.481 e. The van der Waals surface area contributed by atoms with Gasteiger partial charge in [0.05, 0.1) is 0 Å². The molecule has 0 aromatic heterocycles. The molecule has 0 radical (unpaired) electrons. The summed E-state index contributed by atoms with van der Waals surface area (Å²) in [4.78, 5) is 24.5. The van der Waals surface area contributed by atoms with Gasteiger partial charge in [-0.2, -0.15) is 0 Å². The summed E-state index contributed by atoms with van der Waals surface area (Å²) >= 11 is 0. The van der Waals surface area contributed by atoms with E-state index < -0.39 is 6.10 Å². The van der Waals surface area contributed by atoms with E-state index in [1.54, 1.807) is 43.3 Å². The number of ether oxygens (including phenoxy) is 1. The molecule has 0 bridgehead atoms. The molecule has 0 unspecified atom stereocenters. The van der Waals surface area contributed by atoms with E-state index in [2.05, 4.69) is 10.6 Å². The third-order valence-corrected chi connectivity index (χ3v) is 4.12. The van der Waals surface area contributed by atoms with Crippen LogP contribution in [0.25, 0.3) is 0 Å². The Kier molecular flexibility index (Phi) is 6.07. The highest BCUT2D eigenvalue weighted by Gasteiger charge is 2.15. The maximum atomic E-state index is 12.3. The van der Waals surface area contributed by atoms with E-state index in [0.717, 1.165) is 5.56 Å². The molecule has 0 aliphatic rings. The molecule has 3 aromatic rings. The molecule has 0 saturated heterocycles. The Balaban J connectivity index is 1.56. The number of carbonyl (C=O) groups is 2. The minimum absolute atomic E-state index is 0.183. The van der Waals surface area contributed by atoms with Crippen LogP contribution in [0.4, 0.5) is 11.4 Å². The minimum Gasteiger partial charge on any atom is -0.481 e. The Morgan fingerprint density at radius 1 is 0.821 bits per heavy atom. The first kappa shape index (κ1) is 19.2. The number of benzene rings is 3. The van der Waals surface area contributed by atoms with Crippen molar-refractivity contribution >= 4 is 23.2 Å². The second kappa shape index (κ2) is 8.86. The maximum Gasteiger partial charge on any atom is 0.265 e. The van der Waals surface area contributed by atoms with E-state index in [-0.39, 0.29) is 11.8 Å². The highest BCUT2D eigenvalue weighted by Crippen LogP contribution is 2.17. The Morgan fingerprint density at radius 2 is 1.46 bits per heavy atom. The van der Waals surface area contributed by atoms with Crippen molar-refractivity contribution in [3.8, 4) is 5.75 Å². The minimum atomic E-state index is -0.640. The maximum absolute atomic E-state index is 12.3. The van der Waals surface area contributed by atoms with Gasteiger partial charge in [0.25, 0.3) is 11.8 Å². The summed E-state index contributed by atoms with van der Waals surface area (Å²) < 4.78 is 5.69. The standard InChI is InChI=1S/C23H22N2O3/c1-16-7-6-10-21(15-16)28-17(2)22(26)24-19-11-13-20(14-12-19)25-23(27)18-8-4-3-5-9-18/h3-15,17H,1-2H3,(H,24,26)(H,25,27)/t17-/m1/s1. The number of hydrogen-bond acceptors (Lipinski definition) is 3. The summed E-state index contributed by atoms with van der Waals surface area (Å²) in [7, 11) is 0. The van der Waals surface area contributed by atoms with Gasteiger partial charge in [-0.3, -0.25) is 9.59 Å². The van der Waals surface area contributed by atoms with Crippen LogP contribution >= 0.6 is 0 Å². The van der Waals surface area contributed by atoms with Crippen LogP contribution in [-0.4, -0.2) is 17.9 Å². The van der Waals surface area contributed by atoms with Crippen molar-refractivity contribution in [2.24, 2.45) is 0 Å². The topological polar surface area (TPSA) is 67.4 Å². The molecule has 0 heterocycles. The second-order valence-corrected chi connectivity index (χ2v) is 6.46. The molecule has 0 spiro atoms. The molecular weight excluding hydrogens is 352 g/mol. The molecule has 5 nitrogen and oxygen atoms in total. The van der Waals surface area contributed by atoms with Gasteiger partial charge >= 0.3 is 0 Å². The zero-order valence-electron chi connectivity index (χ0n) is 15.8. The Bertz CT molecular complexity index is 953. The Labute approximate surface area is 164 Å². The number of anilines is 2. The fourth-order valence-corrected chi connectivity index (χ4v) is 2.62. The molecule has 0 saturated carbocycles. The van der Waals surface area contributed by atoms with E-state index in [9.17, 15) is 9.59 Å². The molecule has 0 aliphatic carbocycles. The molecule has 142 valence electrons. The van der Waals surface area contributed by atoms with Gasteiger partial charge in [0.2, 0.25) is 0 Å². The van der Waals surface area contributed by atoms with Gasteiger partial charge in [-0.05, 0) is 67.9 Å². The van der Waals surface area contributed by atoms with Gasteiger partial charge in [-0.15, -0.1) is 0 Å². The molecule has 0 aliphatic heterocycles. The Morgan fingerprint density at radius 3 is 2.11 bits per heavy atom. The summed E-state index contributed by atoms with van der Waals surface area (Å²) in [6, 6.07) is 23.5. The molecule has 5 heteroatoms. The van der Waals surface area contributed by atoms with E-state index in [4.69, 9.17) is 4.74 Å². The lowest BCUT2D eigenvalue weighted by atomic mass is 10.2. The SMILES string of the molecule is Cc1cccc(O[C@H](C)C(=O)Nc2ccc(NC(=O)c3ccccc3)cc2)c1. The molecule has 28 heavy (non-hydrogen) atoms. The van der Waals surface area contributed by atoms with Crippen LogP contribution in [0.5, 0.6) is 5.75 Å². The number of amides is 2. The summed E-state index contributed by atoms with van der Waals surface area (Å²) in [6.45, 7) is 3.67. The number of rotatable bonds is 6. The van der Waals surface area contributed by atoms with Crippen molar-refractivity contribution in [2.75, 3.05) is 10.6 Å². The van der Waals surface area contributed by atoms with Crippen molar-refractivity contribution in [2.45, 2.75) is 20.0 Å². The number of hydrogen-bond donors (Lipinski definition) is 2. The van der Waals surface area contributed by atoms with Crippen LogP contribution in [0.1, 0.15) is 22.8 Å². The smallest absolute Gasteiger partial charge is 0.265 e. The first-order chi connectivity index (χ1) is 13.5. The highest BCUT2D eigenvalue weighted by molar-refractivity contribution is 6.04. The van der Waals surface area contributed by atoms with Crippen LogP contribution < -0.4 is 15.4 Å². The molecule has 2 amide bonds. The highest BCUT2D eigenvalue weighted by atomic mass is 16.5. The third-order valence-electron chi connectivity index (χ3n) is 4.12. The quantitative estimate of drug-likeness (QED) is 0.660. The lowest BCUT2D eigenvalue weighted by molar-refractivity contribution is -0.122. The van der Waals surface area contributed by atoms with E-state index >= 15 is 0 Å². The van der Waals surface area contributed by atoms with Gasteiger partial charge in [-0.1, -0.05) is 30.3 Å². The number of nitrogens with one attached hydrogen (secondary N) is 2. The first-order valence-corrected chi connectivity index (χ1v) is 9.02. The predicted molar refractivity (Wildman–Crippen MR) is 111 cm³/mol. The summed E-state index contributed by atoms with van der Waals surface area (Å²) in [5.74, 6) is 0.224. The van der Waals surface area contributed by atoms with E-state index in [0.29, 0.717) is 22.7 Å². The zero-order valence-corrected chi connectivity index (χ0v) is 15.8. The average molecular weight is 374 g/mol. The second-order valence-electron chi connectivity index (χ2n) is 6.46. The fraction of sp³-hybridized carbons (Fsp3) is 0.130. The van der Waals surface area contributed by atoms with Crippen LogP contribution in [0.15, 0.2) is 78.9 Å². The fourth-order valence-electron chi connectivity index (χ4n) is 2.62. The van der Waals surface area contributed by atoms with Crippen LogP contribution in [0, 0.1) is 6.92 Å². The van der Waals surface area contributed by atoms with Crippen LogP contribution in [0.3, 0.4) is 0 Å². The molecule has 3 rings (SSSR count). The molecular formula is C23H22N2O3. The number of carbonyl (C=O) groups excluding carboxylic acids is 2. The molecule has 0 fully saturated rings. The third kappa shape index (κ3) is 5.20. The van der Waals surface area contributed by atoms with Gasteiger partial charge in [-0.25, -0.2) is 0 Å². The first-order valence-electron chi connectivity index (χ1n) is 9.02. The van der Waals surface area contributed by atoms with Gasteiger partial charge < -0.3 is 15.4 Å². The number of aryl methyl sites for hydroxylation is 1. The van der Waals surface area contributed by atoms with E-state index in [1.165, 1.54) is 0 Å².